The van der Waals surface area contributed by atoms with E-state index >= 15 is 0 Å². The molecule has 28 heavy (non-hydrogen) atoms. The molecule has 0 radical (unpaired) electrons. The number of ether oxygens (including phenoxy) is 2. The van der Waals surface area contributed by atoms with Crippen molar-refractivity contribution < 1.29 is 19.1 Å². The molecule has 0 heterocycles. The number of para-hydroxylation sites is 1. The van der Waals surface area contributed by atoms with Gasteiger partial charge in [0.2, 0.25) is 0 Å². The highest BCUT2D eigenvalue weighted by Crippen LogP contribution is 2.24. The van der Waals surface area contributed by atoms with Gasteiger partial charge in [-0.05, 0) is 67.9 Å². The van der Waals surface area contributed by atoms with Crippen LogP contribution in [0, 0.1) is 6.92 Å². The summed E-state index contributed by atoms with van der Waals surface area (Å²) in [6, 6.07) is 13.7. The molecule has 0 aromatic heterocycles. The Labute approximate surface area is 166 Å². The molecule has 148 valence electrons. The van der Waals surface area contributed by atoms with Crippen molar-refractivity contribution in [2.24, 2.45) is 0 Å². The van der Waals surface area contributed by atoms with Gasteiger partial charge in [0.15, 0.2) is 13.2 Å². The standard InChI is InChI=1S/C23H27NO4/c1-16-7-3-6-10-21(16)27-15-23(26)28-14-22(25)24-17(2)19-12-11-18-8-4-5-9-20(18)13-19/h3,6-7,10-13,17H,4-5,8-9,14-15H2,1-2H3,(H,24,25)/t17-/m1/s1. The van der Waals surface area contributed by atoms with E-state index in [1.54, 1.807) is 6.07 Å². The topological polar surface area (TPSA) is 64.6 Å². The van der Waals surface area contributed by atoms with Crippen molar-refractivity contribution in [1.29, 1.82) is 0 Å². The number of carbonyl (C=O) groups is 2. The van der Waals surface area contributed by atoms with Crippen LogP contribution in [0.25, 0.3) is 0 Å². The average molecular weight is 381 g/mol. The largest absolute Gasteiger partial charge is 0.482 e. The summed E-state index contributed by atoms with van der Waals surface area (Å²) in [7, 11) is 0. The van der Waals surface area contributed by atoms with E-state index in [4.69, 9.17) is 9.47 Å². The van der Waals surface area contributed by atoms with Crippen LogP contribution < -0.4 is 10.1 Å². The number of amides is 1. The third-order valence-electron chi connectivity index (χ3n) is 5.05. The molecule has 2 aromatic carbocycles. The van der Waals surface area contributed by atoms with Crippen LogP contribution in [0.1, 0.15) is 48.1 Å². The van der Waals surface area contributed by atoms with E-state index < -0.39 is 5.97 Å². The zero-order chi connectivity index (χ0) is 19.9. The van der Waals surface area contributed by atoms with Gasteiger partial charge in [0, 0.05) is 0 Å². The molecule has 0 bridgehead atoms. The Morgan fingerprint density at radius 3 is 2.57 bits per heavy atom. The van der Waals surface area contributed by atoms with Gasteiger partial charge in [0.1, 0.15) is 5.75 Å². The van der Waals surface area contributed by atoms with Crippen LogP contribution in [-0.2, 0) is 27.2 Å². The summed E-state index contributed by atoms with van der Waals surface area (Å²) in [5, 5.41) is 2.88. The predicted molar refractivity (Wildman–Crippen MR) is 107 cm³/mol. The molecule has 0 aliphatic heterocycles. The van der Waals surface area contributed by atoms with Gasteiger partial charge in [-0.15, -0.1) is 0 Å². The fourth-order valence-corrected chi connectivity index (χ4v) is 3.43. The quantitative estimate of drug-likeness (QED) is 0.743. The first-order valence-electron chi connectivity index (χ1n) is 9.78. The molecule has 1 atom stereocenters. The van der Waals surface area contributed by atoms with Crippen LogP contribution in [0.3, 0.4) is 0 Å². The Morgan fingerprint density at radius 2 is 1.79 bits per heavy atom. The van der Waals surface area contributed by atoms with Gasteiger partial charge in [-0.3, -0.25) is 4.79 Å². The maximum absolute atomic E-state index is 12.1. The van der Waals surface area contributed by atoms with Gasteiger partial charge in [-0.25, -0.2) is 4.79 Å². The van der Waals surface area contributed by atoms with Crippen molar-refractivity contribution in [2.45, 2.75) is 45.6 Å². The Hall–Kier alpha value is -2.82. The van der Waals surface area contributed by atoms with Crippen molar-refractivity contribution >= 4 is 11.9 Å². The van der Waals surface area contributed by atoms with Crippen LogP contribution in [0.15, 0.2) is 42.5 Å². The number of aryl methyl sites for hydroxylation is 3. The second kappa shape index (κ2) is 9.40. The fraction of sp³-hybridized carbons (Fsp3) is 0.391. The second-order valence-corrected chi connectivity index (χ2v) is 7.24. The van der Waals surface area contributed by atoms with Crippen molar-refractivity contribution in [3.63, 3.8) is 0 Å². The van der Waals surface area contributed by atoms with Gasteiger partial charge >= 0.3 is 5.97 Å². The molecule has 1 amide bonds. The zero-order valence-corrected chi connectivity index (χ0v) is 16.5. The summed E-state index contributed by atoms with van der Waals surface area (Å²) in [6.07, 6.45) is 4.70. The van der Waals surface area contributed by atoms with E-state index in [1.165, 1.54) is 24.0 Å². The van der Waals surface area contributed by atoms with Crippen LogP contribution in [0.5, 0.6) is 5.75 Å². The van der Waals surface area contributed by atoms with Gasteiger partial charge in [0.25, 0.3) is 5.91 Å². The molecular formula is C23H27NO4. The predicted octanol–water partition coefficient (Wildman–Crippen LogP) is 3.67. The number of esters is 1. The van der Waals surface area contributed by atoms with E-state index in [0.717, 1.165) is 24.0 Å². The molecule has 0 fully saturated rings. The van der Waals surface area contributed by atoms with E-state index in [9.17, 15) is 9.59 Å². The lowest BCUT2D eigenvalue weighted by Gasteiger charge is -2.20. The summed E-state index contributed by atoms with van der Waals surface area (Å²) >= 11 is 0. The van der Waals surface area contributed by atoms with Crippen LogP contribution in [0.4, 0.5) is 0 Å². The summed E-state index contributed by atoms with van der Waals surface area (Å²) in [5.74, 6) is -0.265. The molecule has 1 aliphatic carbocycles. The summed E-state index contributed by atoms with van der Waals surface area (Å²) in [6.45, 7) is 3.30. The minimum Gasteiger partial charge on any atom is -0.482 e. The number of nitrogens with one attached hydrogen (secondary N) is 1. The number of fused-ring (bicyclic) bond motifs is 1. The summed E-state index contributed by atoms with van der Waals surface area (Å²) in [5.41, 5.74) is 4.80. The highest BCUT2D eigenvalue weighted by molar-refractivity contribution is 5.81. The highest BCUT2D eigenvalue weighted by atomic mass is 16.6. The van der Waals surface area contributed by atoms with Crippen molar-refractivity contribution in [3.05, 3.63) is 64.7 Å². The lowest BCUT2D eigenvalue weighted by Crippen LogP contribution is -2.32. The molecule has 0 spiro atoms. The Kier molecular flexibility index (Phi) is 6.69. The SMILES string of the molecule is Cc1ccccc1OCC(=O)OCC(=O)N[C@H](C)c1ccc2c(c1)CCCC2. The Morgan fingerprint density at radius 1 is 1.04 bits per heavy atom. The van der Waals surface area contributed by atoms with Gasteiger partial charge in [0.05, 0.1) is 6.04 Å². The normalized spacial score (nSPS) is 13.9. The van der Waals surface area contributed by atoms with Crippen LogP contribution >= 0.6 is 0 Å². The summed E-state index contributed by atoms with van der Waals surface area (Å²) < 4.78 is 10.4. The van der Waals surface area contributed by atoms with Gasteiger partial charge in [-0.1, -0.05) is 36.4 Å². The molecule has 5 heteroatoms. The number of benzene rings is 2. The number of hydrogen-bond donors (Lipinski definition) is 1. The minimum atomic E-state index is -0.570. The molecule has 1 N–H and O–H groups in total. The minimum absolute atomic E-state index is 0.137. The maximum atomic E-state index is 12.1. The van der Waals surface area contributed by atoms with E-state index in [0.29, 0.717) is 5.75 Å². The number of hydrogen-bond acceptors (Lipinski definition) is 4. The van der Waals surface area contributed by atoms with E-state index in [2.05, 4.69) is 23.5 Å². The van der Waals surface area contributed by atoms with Crippen LogP contribution in [-0.4, -0.2) is 25.1 Å². The Balaban J connectivity index is 1.43. The monoisotopic (exact) mass is 381 g/mol. The molecule has 0 unspecified atom stereocenters. The number of rotatable bonds is 7. The molecular weight excluding hydrogens is 354 g/mol. The lowest BCUT2D eigenvalue weighted by molar-refractivity contribution is -0.150. The smallest absolute Gasteiger partial charge is 0.344 e. The lowest BCUT2D eigenvalue weighted by atomic mass is 9.89. The first-order chi connectivity index (χ1) is 13.5. The van der Waals surface area contributed by atoms with Crippen molar-refractivity contribution in [2.75, 3.05) is 13.2 Å². The molecule has 2 aromatic rings. The first-order valence-corrected chi connectivity index (χ1v) is 9.78. The van der Waals surface area contributed by atoms with Gasteiger partial charge in [-0.2, -0.15) is 0 Å². The fourth-order valence-electron chi connectivity index (χ4n) is 3.43. The third kappa shape index (κ3) is 5.35. The van der Waals surface area contributed by atoms with E-state index in [-0.39, 0.29) is 25.2 Å². The van der Waals surface area contributed by atoms with Crippen molar-refractivity contribution in [3.8, 4) is 5.75 Å². The molecule has 3 rings (SSSR count). The first kappa shape index (κ1) is 19.9. The van der Waals surface area contributed by atoms with Crippen LogP contribution in [0.2, 0.25) is 0 Å². The molecule has 0 saturated carbocycles. The Bertz CT molecular complexity index is 846. The average Bonchev–Trinajstić information content (AvgIpc) is 2.71. The molecule has 5 nitrogen and oxygen atoms in total. The van der Waals surface area contributed by atoms with E-state index in [1.807, 2.05) is 32.0 Å². The number of carbonyl (C=O) groups excluding carboxylic acids is 2. The molecule has 1 aliphatic rings. The maximum Gasteiger partial charge on any atom is 0.344 e. The molecule has 0 saturated heterocycles. The second-order valence-electron chi connectivity index (χ2n) is 7.24. The third-order valence-corrected chi connectivity index (χ3v) is 5.05. The highest BCUT2D eigenvalue weighted by Gasteiger charge is 2.15. The summed E-state index contributed by atoms with van der Waals surface area (Å²) in [4.78, 5) is 23.9. The van der Waals surface area contributed by atoms with Crippen molar-refractivity contribution in [1.82, 2.24) is 5.32 Å². The van der Waals surface area contributed by atoms with Gasteiger partial charge < -0.3 is 14.8 Å². The zero-order valence-electron chi connectivity index (χ0n) is 16.5.